The first-order valence-electron chi connectivity index (χ1n) is 7.23. The van der Waals surface area contributed by atoms with Gasteiger partial charge in [-0.15, -0.1) is 0 Å². The minimum absolute atomic E-state index is 0.440. The summed E-state index contributed by atoms with van der Waals surface area (Å²) in [4.78, 5) is 3.63. The Hall–Kier alpha value is -1.27. The van der Waals surface area contributed by atoms with Crippen molar-refractivity contribution in [3.05, 3.63) is 29.3 Å². The van der Waals surface area contributed by atoms with Gasteiger partial charge in [-0.1, -0.05) is 17.7 Å². The SMILES string of the molecule is Cc1ccc(N2CCN(CC(F)(F)F)CC2)c(CCN)c1. The van der Waals surface area contributed by atoms with Gasteiger partial charge >= 0.3 is 6.18 Å². The van der Waals surface area contributed by atoms with E-state index in [1.807, 2.05) is 13.0 Å². The van der Waals surface area contributed by atoms with Gasteiger partial charge in [-0.3, -0.25) is 4.90 Å². The van der Waals surface area contributed by atoms with Crippen LogP contribution in [0, 0.1) is 6.92 Å². The van der Waals surface area contributed by atoms with Crippen LogP contribution in [0.2, 0.25) is 0 Å². The zero-order valence-corrected chi connectivity index (χ0v) is 12.3. The molecule has 2 N–H and O–H groups in total. The summed E-state index contributed by atoms with van der Waals surface area (Å²) in [6.45, 7) is 3.91. The van der Waals surface area contributed by atoms with Crippen LogP contribution in [0.25, 0.3) is 0 Å². The number of nitrogens with zero attached hydrogens (tertiary/aromatic N) is 2. The number of nitrogens with two attached hydrogens (primary N) is 1. The molecule has 1 aliphatic heterocycles. The average molecular weight is 301 g/mol. The second-order valence-corrected chi connectivity index (χ2v) is 5.55. The summed E-state index contributed by atoms with van der Waals surface area (Å²) in [7, 11) is 0. The third kappa shape index (κ3) is 4.61. The van der Waals surface area contributed by atoms with Gasteiger partial charge < -0.3 is 10.6 Å². The third-order valence-electron chi connectivity index (χ3n) is 3.76. The van der Waals surface area contributed by atoms with Crippen LogP contribution in [0.4, 0.5) is 18.9 Å². The largest absolute Gasteiger partial charge is 0.401 e. The number of rotatable bonds is 4. The molecule has 0 atom stereocenters. The van der Waals surface area contributed by atoms with Gasteiger partial charge in [0.2, 0.25) is 0 Å². The first-order chi connectivity index (χ1) is 9.89. The molecule has 21 heavy (non-hydrogen) atoms. The van der Waals surface area contributed by atoms with Crippen LogP contribution >= 0.6 is 0 Å². The van der Waals surface area contributed by atoms with Gasteiger partial charge in [0.15, 0.2) is 0 Å². The summed E-state index contributed by atoms with van der Waals surface area (Å²) < 4.78 is 37.2. The Bertz CT molecular complexity index is 466. The highest BCUT2D eigenvalue weighted by Gasteiger charge is 2.32. The van der Waals surface area contributed by atoms with Gasteiger partial charge in [0.1, 0.15) is 0 Å². The molecule has 0 unspecified atom stereocenters. The number of hydrogen-bond donors (Lipinski definition) is 1. The van der Waals surface area contributed by atoms with Crippen molar-refractivity contribution in [2.45, 2.75) is 19.5 Å². The fourth-order valence-electron chi connectivity index (χ4n) is 2.78. The summed E-state index contributed by atoms with van der Waals surface area (Å²) in [5.41, 5.74) is 9.12. The van der Waals surface area contributed by atoms with Crippen LogP contribution in [0.5, 0.6) is 0 Å². The van der Waals surface area contributed by atoms with Crippen molar-refractivity contribution >= 4 is 5.69 Å². The van der Waals surface area contributed by atoms with Crippen molar-refractivity contribution in [1.29, 1.82) is 0 Å². The number of alkyl halides is 3. The number of piperazine rings is 1. The fourth-order valence-corrected chi connectivity index (χ4v) is 2.78. The van der Waals surface area contributed by atoms with Crippen molar-refractivity contribution < 1.29 is 13.2 Å². The zero-order valence-electron chi connectivity index (χ0n) is 12.3. The molecule has 0 amide bonds. The van der Waals surface area contributed by atoms with Crippen LogP contribution in [0.3, 0.4) is 0 Å². The highest BCUT2D eigenvalue weighted by atomic mass is 19.4. The minimum Gasteiger partial charge on any atom is -0.369 e. The highest BCUT2D eigenvalue weighted by Crippen LogP contribution is 2.25. The number of benzene rings is 1. The van der Waals surface area contributed by atoms with E-state index in [2.05, 4.69) is 17.0 Å². The lowest BCUT2D eigenvalue weighted by Crippen LogP contribution is -2.49. The molecule has 0 aliphatic carbocycles. The van der Waals surface area contributed by atoms with E-state index in [-0.39, 0.29) is 0 Å². The van der Waals surface area contributed by atoms with Crippen LogP contribution < -0.4 is 10.6 Å². The molecule has 0 aromatic heterocycles. The van der Waals surface area contributed by atoms with E-state index in [0.29, 0.717) is 32.7 Å². The molecule has 6 heteroatoms. The van der Waals surface area contributed by atoms with Crippen molar-refractivity contribution in [3.8, 4) is 0 Å². The molecule has 3 nitrogen and oxygen atoms in total. The second-order valence-electron chi connectivity index (χ2n) is 5.55. The number of hydrogen-bond acceptors (Lipinski definition) is 3. The third-order valence-corrected chi connectivity index (χ3v) is 3.76. The van der Waals surface area contributed by atoms with Crippen LogP contribution in [-0.2, 0) is 6.42 Å². The Morgan fingerprint density at radius 2 is 1.81 bits per heavy atom. The van der Waals surface area contributed by atoms with E-state index in [0.717, 1.165) is 12.1 Å². The van der Waals surface area contributed by atoms with E-state index in [9.17, 15) is 13.2 Å². The Labute approximate surface area is 123 Å². The number of anilines is 1. The number of halogens is 3. The molecule has 1 aromatic carbocycles. The summed E-state index contributed by atoms with van der Waals surface area (Å²) in [5, 5.41) is 0. The lowest BCUT2D eigenvalue weighted by atomic mass is 10.0. The standard InChI is InChI=1S/C15H22F3N3/c1-12-2-3-14(13(10-12)4-5-19)21-8-6-20(7-9-21)11-15(16,17)18/h2-3,10H,4-9,11,19H2,1H3. The summed E-state index contributed by atoms with van der Waals surface area (Å²) >= 11 is 0. The van der Waals surface area contributed by atoms with Gasteiger partial charge in [-0.25, -0.2) is 0 Å². The molecule has 1 aromatic rings. The molecule has 0 bridgehead atoms. The first kappa shape index (κ1) is 16.1. The molecular formula is C15H22F3N3. The monoisotopic (exact) mass is 301 g/mol. The predicted octanol–water partition coefficient (Wildman–Crippen LogP) is 2.18. The van der Waals surface area contributed by atoms with Crippen molar-refractivity contribution in [1.82, 2.24) is 4.90 Å². The van der Waals surface area contributed by atoms with Gasteiger partial charge in [-0.2, -0.15) is 13.2 Å². The first-order valence-corrected chi connectivity index (χ1v) is 7.23. The molecule has 0 spiro atoms. The Kier molecular flexibility index (Phi) is 5.11. The molecule has 118 valence electrons. The smallest absolute Gasteiger partial charge is 0.369 e. The predicted molar refractivity (Wildman–Crippen MR) is 78.6 cm³/mol. The highest BCUT2D eigenvalue weighted by molar-refractivity contribution is 5.55. The summed E-state index contributed by atoms with van der Waals surface area (Å²) in [6, 6.07) is 6.21. The van der Waals surface area contributed by atoms with E-state index in [4.69, 9.17) is 5.73 Å². The molecule has 2 rings (SSSR count). The van der Waals surface area contributed by atoms with Crippen LogP contribution in [-0.4, -0.2) is 50.3 Å². The second kappa shape index (κ2) is 6.66. The van der Waals surface area contributed by atoms with Crippen molar-refractivity contribution in [2.75, 3.05) is 44.2 Å². The van der Waals surface area contributed by atoms with Gasteiger partial charge in [0.25, 0.3) is 0 Å². The van der Waals surface area contributed by atoms with E-state index in [1.54, 1.807) is 0 Å². The fraction of sp³-hybridized carbons (Fsp3) is 0.600. The van der Waals surface area contributed by atoms with Crippen molar-refractivity contribution in [2.24, 2.45) is 5.73 Å². The Morgan fingerprint density at radius 3 is 2.38 bits per heavy atom. The van der Waals surface area contributed by atoms with Crippen LogP contribution in [0.15, 0.2) is 18.2 Å². The summed E-state index contributed by atoms with van der Waals surface area (Å²) in [6.07, 6.45) is -3.32. The lowest BCUT2D eigenvalue weighted by molar-refractivity contribution is -0.146. The molecule has 0 saturated carbocycles. The normalized spacial score (nSPS) is 17.3. The van der Waals surface area contributed by atoms with Gasteiger partial charge in [0.05, 0.1) is 6.54 Å². The maximum Gasteiger partial charge on any atom is 0.401 e. The van der Waals surface area contributed by atoms with Gasteiger partial charge in [0, 0.05) is 31.9 Å². The minimum atomic E-state index is -4.11. The molecule has 1 saturated heterocycles. The molecule has 1 aliphatic rings. The van der Waals surface area contributed by atoms with E-state index >= 15 is 0 Å². The quantitative estimate of drug-likeness (QED) is 0.925. The Morgan fingerprint density at radius 1 is 1.14 bits per heavy atom. The maximum atomic E-state index is 12.4. The molecule has 0 radical (unpaired) electrons. The maximum absolute atomic E-state index is 12.4. The van der Waals surface area contributed by atoms with E-state index in [1.165, 1.54) is 16.0 Å². The van der Waals surface area contributed by atoms with E-state index < -0.39 is 12.7 Å². The Balaban J connectivity index is 2.02. The number of aryl methyl sites for hydroxylation is 1. The average Bonchev–Trinajstić information content (AvgIpc) is 2.39. The zero-order chi connectivity index (χ0) is 15.5. The molecule has 1 fully saturated rings. The molecular weight excluding hydrogens is 279 g/mol. The lowest BCUT2D eigenvalue weighted by Gasteiger charge is -2.37. The topological polar surface area (TPSA) is 32.5 Å². The van der Waals surface area contributed by atoms with Crippen molar-refractivity contribution in [3.63, 3.8) is 0 Å². The van der Waals surface area contributed by atoms with Gasteiger partial charge in [-0.05, 0) is 31.5 Å². The summed E-state index contributed by atoms with van der Waals surface area (Å²) in [5.74, 6) is 0. The van der Waals surface area contributed by atoms with Crippen LogP contribution in [0.1, 0.15) is 11.1 Å². The molecule has 1 heterocycles.